The molecule has 2 heterocycles. The third-order valence-corrected chi connectivity index (χ3v) is 6.98. The van der Waals surface area contributed by atoms with Crippen LogP contribution in [-0.4, -0.2) is 66.4 Å². The first-order valence-corrected chi connectivity index (χ1v) is 11.4. The van der Waals surface area contributed by atoms with E-state index < -0.39 is 38.4 Å². The smallest absolute Gasteiger partial charge is 0.410 e. The number of carbonyl (C=O) groups excluding carboxylic acids is 2. The van der Waals surface area contributed by atoms with Crippen LogP contribution in [0.1, 0.15) is 52.3 Å². The highest BCUT2D eigenvalue weighted by atomic mass is 32.2. The lowest BCUT2D eigenvalue weighted by atomic mass is 9.77. The summed E-state index contributed by atoms with van der Waals surface area (Å²) in [5.41, 5.74) is -1.79. The number of nitrogens with one attached hydrogen (secondary N) is 1. The quantitative estimate of drug-likeness (QED) is 0.687. The molecule has 1 amide bonds. The largest absolute Gasteiger partial charge is 0.468 e. The zero-order valence-corrected chi connectivity index (χ0v) is 18.5. The molecule has 166 valence electrons. The van der Waals surface area contributed by atoms with Crippen molar-refractivity contribution >= 4 is 27.9 Å². The van der Waals surface area contributed by atoms with Crippen LogP contribution in [0.3, 0.4) is 0 Å². The molecular weight excluding hydrogens is 412 g/mol. The Morgan fingerprint density at radius 3 is 2.40 bits per heavy atom. The van der Waals surface area contributed by atoms with Gasteiger partial charge in [-0.3, -0.25) is 9.52 Å². The third kappa shape index (κ3) is 4.82. The number of likely N-dealkylation sites (tertiary alicyclic amines) is 1. The van der Waals surface area contributed by atoms with Crippen molar-refractivity contribution in [3.05, 3.63) is 18.1 Å². The zero-order valence-electron chi connectivity index (χ0n) is 17.7. The number of esters is 1. The number of nitrogens with zero attached hydrogens (tertiary/aromatic N) is 3. The summed E-state index contributed by atoms with van der Waals surface area (Å²) in [5, 5.41) is -0.400. The Morgan fingerprint density at radius 2 is 1.87 bits per heavy atom. The predicted octanol–water partition coefficient (Wildman–Crippen LogP) is 1.82. The molecule has 2 fully saturated rings. The van der Waals surface area contributed by atoms with Crippen LogP contribution in [0.4, 0.5) is 10.6 Å². The van der Waals surface area contributed by atoms with E-state index in [1.165, 1.54) is 24.3 Å². The molecule has 0 atom stereocenters. The maximum absolute atomic E-state index is 12.7. The van der Waals surface area contributed by atoms with Gasteiger partial charge in [-0.2, -0.15) is 0 Å². The average Bonchev–Trinajstić information content (AvgIpc) is 3.52. The molecule has 2 aliphatic rings. The van der Waals surface area contributed by atoms with E-state index in [9.17, 15) is 18.0 Å². The fraction of sp³-hybridized carbons (Fsp3) is 0.684. The Kier molecular flexibility index (Phi) is 5.94. The highest BCUT2D eigenvalue weighted by Crippen LogP contribution is 2.36. The van der Waals surface area contributed by atoms with Crippen LogP contribution in [0.5, 0.6) is 0 Å². The van der Waals surface area contributed by atoms with Gasteiger partial charge in [0.15, 0.2) is 0 Å². The van der Waals surface area contributed by atoms with Gasteiger partial charge >= 0.3 is 12.1 Å². The highest BCUT2D eigenvalue weighted by molar-refractivity contribution is 7.93. The number of hydrogen-bond donors (Lipinski definition) is 1. The van der Waals surface area contributed by atoms with E-state index in [2.05, 4.69) is 14.7 Å². The Bertz CT molecular complexity index is 915. The molecule has 0 bridgehead atoms. The maximum Gasteiger partial charge on any atom is 0.410 e. The number of carbonyl (C=O) groups is 2. The van der Waals surface area contributed by atoms with Crippen molar-refractivity contribution in [3.63, 3.8) is 0 Å². The molecule has 1 saturated carbocycles. The summed E-state index contributed by atoms with van der Waals surface area (Å²) in [6.45, 7) is 5.87. The van der Waals surface area contributed by atoms with E-state index in [1.807, 2.05) is 0 Å². The fourth-order valence-electron chi connectivity index (χ4n) is 3.37. The van der Waals surface area contributed by atoms with E-state index in [0.29, 0.717) is 12.8 Å². The summed E-state index contributed by atoms with van der Waals surface area (Å²) < 4.78 is 37.4. The summed E-state index contributed by atoms with van der Waals surface area (Å²) in [6.07, 6.45) is 2.68. The number of piperidine rings is 1. The Morgan fingerprint density at radius 1 is 1.23 bits per heavy atom. The second kappa shape index (κ2) is 8.01. The number of aromatic nitrogens is 2. The van der Waals surface area contributed by atoms with Crippen molar-refractivity contribution in [2.24, 2.45) is 0 Å². The minimum atomic E-state index is -3.50. The van der Waals surface area contributed by atoms with Crippen LogP contribution in [-0.2, 0) is 29.7 Å². The number of rotatable bonds is 5. The first-order chi connectivity index (χ1) is 14.0. The molecule has 1 N–H and O–H groups in total. The molecule has 3 rings (SSSR count). The van der Waals surface area contributed by atoms with Gasteiger partial charge in [0.05, 0.1) is 12.4 Å². The van der Waals surface area contributed by atoms with E-state index >= 15 is 0 Å². The van der Waals surface area contributed by atoms with Crippen molar-refractivity contribution in [3.8, 4) is 0 Å². The number of hydrogen-bond acceptors (Lipinski definition) is 8. The summed E-state index contributed by atoms with van der Waals surface area (Å²) >= 11 is 0. The van der Waals surface area contributed by atoms with Crippen LogP contribution in [0.2, 0.25) is 0 Å². The van der Waals surface area contributed by atoms with Crippen LogP contribution < -0.4 is 4.72 Å². The number of amides is 1. The predicted molar refractivity (Wildman–Crippen MR) is 108 cm³/mol. The lowest BCUT2D eigenvalue weighted by Crippen LogP contribution is -2.51. The minimum Gasteiger partial charge on any atom is -0.468 e. The molecule has 1 aromatic heterocycles. The van der Waals surface area contributed by atoms with Crippen molar-refractivity contribution < 1.29 is 27.5 Å². The van der Waals surface area contributed by atoms with Gasteiger partial charge in [0.1, 0.15) is 22.7 Å². The zero-order chi connectivity index (χ0) is 22.2. The Labute approximate surface area is 176 Å². The highest BCUT2D eigenvalue weighted by Gasteiger charge is 2.48. The fourth-order valence-corrected chi connectivity index (χ4v) is 4.69. The second-order valence-electron chi connectivity index (χ2n) is 8.65. The Hall–Kier alpha value is -2.43. The molecule has 1 aromatic rings. The summed E-state index contributed by atoms with van der Waals surface area (Å²) in [6, 6.07) is 1.45. The molecule has 11 heteroatoms. The maximum atomic E-state index is 12.7. The molecule has 0 unspecified atom stereocenters. The standard InChI is InChI=1S/C19H28N4O6S/c1-18(2,3)29-17(25)23-11-8-19(9-12-23,16(24)28-4)15-20-10-7-14(21-15)22-30(26,27)13-5-6-13/h7,10,13H,5-6,8-9,11-12H2,1-4H3,(H,20,21,22). The second-order valence-corrected chi connectivity index (χ2v) is 10.6. The molecule has 0 radical (unpaired) electrons. The lowest BCUT2D eigenvalue weighted by molar-refractivity contribution is -0.150. The number of anilines is 1. The van der Waals surface area contributed by atoms with E-state index in [0.717, 1.165) is 0 Å². The van der Waals surface area contributed by atoms with Crippen molar-refractivity contribution in [1.82, 2.24) is 14.9 Å². The summed E-state index contributed by atoms with van der Waals surface area (Å²) in [5.74, 6) is -0.229. The molecule has 1 aliphatic heterocycles. The number of sulfonamides is 1. The Balaban J connectivity index is 1.81. The monoisotopic (exact) mass is 440 g/mol. The molecule has 30 heavy (non-hydrogen) atoms. The van der Waals surface area contributed by atoms with Gasteiger partial charge < -0.3 is 14.4 Å². The van der Waals surface area contributed by atoms with Crippen LogP contribution in [0.25, 0.3) is 0 Å². The van der Waals surface area contributed by atoms with Gasteiger partial charge in [-0.05, 0) is 52.5 Å². The summed E-state index contributed by atoms with van der Waals surface area (Å²) in [7, 11) is -2.21. The molecule has 0 spiro atoms. The van der Waals surface area contributed by atoms with Crippen molar-refractivity contribution in [2.45, 2.75) is 62.7 Å². The van der Waals surface area contributed by atoms with E-state index in [-0.39, 0.29) is 37.6 Å². The van der Waals surface area contributed by atoms with Crippen molar-refractivity contribution in [2.75, 3.05) is 24.9 Å². The van der Waals surface area contributed by atoms with Gasteiger partial charge in [-0.25, -0.2) is 23.2 Å². The molecular formula is C19H28N4O6S. The number of ether oxygens (including phenoxy) is 2. The van der Waals surface area contributed by atoms with Gasteiger partial charge in [0.25, 0.3) is 0 Å². The van der Waals surface area contributed by atoms with Gasteiger partial charge in [0.2, 0.25) is 10.0 Å². The van der Waals surface area contributed by atoms with E-state index in [1.54, 1.807) is 20.8 Å². The minimum absolute atomic E-state index is 0.116. The van der Waals surface area contributed by atoms with Gasteiger partial charge in [0, 0.05) is 19.3 Å². The SMILES string of the molecule is COC(=O)C1(c2nccc(NS(=O)(=O)C3CC3)n2)CCN(C(=O)OC(C)(C)C)CC1. The lowest BCUT2D eigenvalue weighted by Gasteiger charge is -2.38. The summed E-state index contributed by atoms with van der Waals surface area (Å²) in [4.78, 5) is 35.2. The molecule has 1 aliphatic carbocycles. The van der Waals surface area contributed by atoms with Gasteiger partial charge in [-0.1, -0.05) is 0 Å². The molecule has 10 nitrogen and oxygen atoms in total. The third-order valence-electron chi connectivity index (χ3n) is 5.14. The van der Waals surface area contributed by atoms with Crippen LogP contribution in [0, 0.1) is 0 Å². The first-order valence-electron chi connectivity index (χ1n) is 9.88. The molecule has 0 aromatic carbocycles. The average molecular weight is 441 g/mol. The first kappa shape index (κ1) is 22.3. The normalized spacial score (nSPS) is 19.1. The topological polar surface area (TPSA) is 128 Å². The van der Waals surface area contributed by atoms with Crippen LogP contribution in [0.15, 0.2) is 12.3 Å². The van der Waals surface area contributed by atoms with Gasteiger partial charge in [-0.15, -0.1) is 0 Å². The van der Waals surface area contributed by atoms with E-state index in [4.69, 9.17) is 9.47 Å². The van der Waals surface area contributed by atoms with Crippen molar-refractivity contribution in [1.29, 1.82) is 0 Å². The molecule has 1 saturated heterocycles. The number of methoxy groups -OCH3 is 1. The van der Waals surface area contributed by atoms with Crippen LogP contribution >= 0.6 is 0 Å².